The van der Waals surface area contributed by atoms with Crippen LogP contribution in [0.2, 0.25) is 0 Å². The molecule has 2 heteroatoms. The van der Waals surface area contributed by atoms with E-state index >= 15 is 0 Å². The highest BCUT2D eigenvalue weighted by Gasteiger charge is 2.05. The minimum absolute atomic E-state index is 0.706. The van der Waals surface area contributed by atoms with E-state index < -0.39 is 0 Å². The SMILES string of the molecule is [CH2]Cc1nc(CCCCCCCCCCCCCCC)cc(CCCCCCCCCCCCCCC)n1. The van der Waals surface area contributed by atoms with E-state index in [-0.39, 0.29) is 0 Å². The lowest BCUT2D eigenvalue weighted by molar-refractivity contribution is 0.537. The first-order valence-electron chi connectivity index (χ1n) is 17.4. The van der Waals surface area contributed by atoms with Gasteiger partial charge in [-0.15, -0.1) is 0 Å². The molecule has 2 nitrogen and oxygen atoms in total. The van der Waals surface area contributed by atoms with Gasteiger partial charge in [0.2, 0.25) is 0 Å². The summed E-state index contributed by atoms with van der Waals surface area (Å²) >= 11 is 0. The van der Waals surface area contributed by atoms with Crippen LogP contribution in [0, 0.1) is 6.92 Å². The number of nitrogens with zero attached hydrogens (tertiary/aromatic N) is 2. The van der Waals surface area contributed by atoms with Crippen LogP contribution in [-0.4, -0.2) is 9.97 Å². The van der Waals surface area contributed by atoms with Gasteiger partial charge in [-0.2, -0.15) is 0 Å². The molecule has 0 saturated carbocycles. The highest BCUT2D eigenvalue weighted by atomic mass is 14.9. The molecule has 0 aliphatic heterocycles. The lowest BCUT2D eigenvalue weighted by Gasteiger charge is -2.08. The van der Waals surface area contributed by atoms with E-state index in [1.54, 1.807) is 0 Å². The lowest BCUT2D eigenvalue weighted by Crippen LogP contribution is -2.03. The summed E-state index contributed by atoms with van der Waals surface area (Å²) in [7, 11) is 0. The summed E-state index contributed by atoms with van der Waals surface area (Å²) in [6.45, 7) is 8.65. The Morgan fingerprint density at radius 2 is 0.684 bits per heavy atom. The molecular formula is C36H67N2. The molecule has 0 aliphatic rings. The average Bonchev–Trinajstić information content (AvgIpc) is 2.93. The summed E-state index contributed by atoms with van der Waals surface area (Å²) in [5, 5.41) is 0. The van der Waals surface area contributed by atoms with Gasteiger partial charge in [-0.3, -0.25) is 0 Å². The fraction of sp³-hybridized carbons (Fsp3) is 0.861. The van der Waals surface area contributed by atoms with Crippen LogP contribution < -0.4 is 0 Å². The van der Waals surface area contributed by atoms with Gasteiger partial charge < -0.3 is 0 Å². The molecule has 0 atom stereocenters. The van der Waals surface area contributed by atoms with Crippen molar-refractivity contribution in [1.82, 2.24) is 9.97 Å². The standard InChI is InChI=1S/C36H67N2/c1-4-7-9-11-13-15-17-19-21-23-25-27-29-31-34-33-35(38-36(6-3)37-34)32-30-28-26-24-22-20-18-16-14-12-10-8-5-2/h33H,3-32H2,1-2H3. The van der Waals surface area contributed by atoms with Crippen molar-refractivity contribution in [2.75, 3.05) is 0 Å². The third-order valence-corrected chi connectivity index (χ3v) is 8.18. The third-order valence-electron chi connectivity index (χ3n) is 8.18. The zero-order valence-electron chi connectivity index (χ0n) is 26.2. The molecule has 0 unspecified atom stereocenters. The number of hydrogen-bond donors (Lipinski definition) is 0. The Morgan fingerprint density at radius 1 is 0.421 bits per heavy atom. The van der Waals surface area contributed by atoms with Gasteiger partial charge in [0.1, 0.15) is 5.82 Å². The highest BCUT2D eigenvalue weighted by Crippen LogP contribution is 2.16. The fourth-order valence-electron chi connectivity index (χ4n) is 5.63. The first kappa shape index (κ1) is 35.1. The summed E-state index contributed by atoms with van der Waals surface area (Å²) < 4.78 is 0. The maximum Gasteiger partial charge on any atom is 0.128 e. The highest BCUT2D eigenvalue weighted by molar-refractivity contribution is 5.12. The molecule has 1 heterocycles. The Labute approximate surface area is 240 Å². The van der Waals surface area contributed by atoms with Gasteiger partial charge >= 0.3 is 0 Å². The number of aryl methyl sites for hydroxylation is 2. The predicted octanol–water partition coefficient (Wildman–Crippen LogP) is 12.1. The summed E-state index contributed by atoms with van der Waals surface area (Å²) in [5.74, 6) is 0.946. The van der Waals surface area contributed by atoms with Gasteiger partial charge in [0.05, 0.1) is 0 Å². The minimum atomic E-state index is 0.706. The van der Waals surface area contributed by atoms with E-state index in [0.29, 0.717) is 6.42 Å². The number of hydrogen-bond acceptors (Lipinski definition) is 2. The Morgan fingerprint density at radius 3 is 0.947 bits per heavy atom. The van der Waals surface area contributed by atoms with Crippen LogP contribution in [0.15, 0.2) is 6.07 Å². The predicted molar refractivity (Wildman–Crippen MR) is 170 cm³/mol. The van der Waals surface area contributed by atoms with Gasteiger partial charge in [0.25, 0.3) is 0 Å². The van der Waals surface area contributed by atoms with Gasteiger partial charge in [0.15, 0.2) is 0 Å². The van der Waals surface area contributed by atoms with E-state index in [1.165, 1.54) is 178 Å². The first-order chi connectivity index (χ1) is 18.8. The largest absolute Gasteiger partial charge is 0.238 e. The van der Waals surface area contributed by atoms with Gasteiger partial charge in [-0.05, 0) is 38.7 Å². The van der Waals surface area contributed by atoms with Crippen molar-refractivity contribution in [2.45, 2.75) is 200 Å². The van der Waals surface area contributed by atoms with Crippen LogP contribution in [0.4, 0.5) is 0 Å². The van der Waals surface area contributed by atoms with Crippen molar-refractivity contribution in [3.63, 3.8) is 0 Å². The number of unbranched alkanes of at least 4 members (excludes halogenated alkanes) is 24. The van der Waals surface area contributed by atoms with Crippen LogP contribution in [0.5, 0.6) is 0 Å². The van der Waals surface area contributed by atoms with Crippen molar-refractivity contribution in [3.8, 4) is 0 Å². The third kappa shape index (κ3) is 22.0. The fourth-order valence-corrected chi connectivity index (χ4v) is 5.63. The molecule has 1 radical (unpaired) electrons. The quantitative estimate of drug-likeness (QED) is 0.0968. The summed E-state index contributed by atoms with van der Waals surface area (Å²) in [6.07, 6.45) is 39.5. The normalized spacial score (nSPS) is 11.4. The molecule has 1 aromatic heterocycles. The van der Waals surface area contributed by atoms with Crippen molar-refractivity contribution >= 4 is 0 Å². The Hall–Kier alpha value is -0.920. The summed E-state index contributed by atoms with van der Waals surface area (Å²) in [5.41, 5.74) is 2.51. The van der Waals surface area contributed by atoms with Crippen LogP contribution in [0.3, 0.4) is 0 Å². The molecule has 0 aromatic carbocycles. The van der Waals surface area contributed by atoms with Crippen LogP contribution >= 0.6 is 0 Å². The molecule has 0 spiro atoms. The van der Waals surface area contributed by atoms with Crippen molar-refractivity contribution in [3.05, 3.63) is 30.2 Å². The lowest BCUT2D eigenvalue weighted by atomic mass is 10.0. The second-order valence-corrected chi connectivity index (χ2v) is 12.0. The molecule has 221 valence electrons. The zero-order chi connectivity index (χ0) is 27.4. The Balaban J connectivity index is 2.03. The molecule has 1 aromatic rings. The second-order valence-electron chi connectivity index (χ2n) is 12.0. The van der Waals surface area contributed by atoms with Crippen molar-refractivity contribution < 1.29 is 0 Å². The van der Waals surface area contributed by atoms with Crippen molar-refractivity contribution in [1.29, 1.82) is 0 Å². The van der Waals surface area contributed by atoms with E-state index in [2.05, 4.69) is 26.8 Å². The molecule has 0 amide bonds. The average molecular weight is 528 g/mol. The van der Waals surface area contributed by atoms with Gasteiger partial charge in [-0.25, -0.2) is 9.97 Å². The number of aromatic nitrogens is 2. The van der Waals surface area contributed by atoms with E-state index in [9.17, 15) is 0 Å². The van der Waals surface area contributed by atoms with Crippen LogP contribution in [-0.2, 0) is 19.3 Å². The Bertz CT molecular complexity index is 563. The van der Waals surface area contributed by atoms with E-state index in [4.69, 9.17) is 9.97 Å². The molecule has 38 heavy (non-hydrogen) atoms. The summed E-state index contributed by atoms with van der Waals surface area (Å²) in [6, 6.07) is 2.29. The zero-order valence-corrected chi connectivity index (χ0v) is 26.2. The molecular weight excluding hydrogens is 460 g/mol. The van der Waals surface area contributed by atoms with Crippen molar-refractivity contribution in [2.24, 2.45) is 0 Å². The molecule has 0 aliphatic carbocycles. The maximum atomic E-state index is 4.79. The molecule has 0 fully saturated rings. The Kier molecular flexibility index (Phi) is 25.5. The van der Waals surface area contributed by atoms with Crippen LogP contribution in [0.25, 0.3) is 0 Å². The maximum absolute atomic E-state index is 4.79. The summed E-state index contributed by atoms with van der Waals surface area (Å²) in [4.78, 5) is 9.57. The van der Waals surface area contributed by atoms with E-state index in [0.717, 1.165) is 18.7 Å². The second kappa shape index (κ2) is 27.6. The molecule has 0 N–H and O–H groups in total. The molecule has 1 rings (SSSR count). The topological polar surface area (TPSA) is 25.8 Å². The van der Waals surface area contributed by atoms with E-state index in [1.807, 2.05) is 0 Å². The van der Waals surface area contributed by atoms with Gasteiger partial charge in [0, 0.05) is 17.8 Å². The van der Waals surface area contributed by atoms with Gasteiger partial charge in [-0.1, -0.05) is 168 Å². The number of rotatable bonds is 29. The molecule has 0 saturated heterocycles. The van der Waals surface area contributed by atoms with Crippen LogP contribution in [0.1, 0.15) is 198 Å². The minimum Gasteiger partial charge on any atom is -0.238 e. The monoisotopic (exact) mass is 528 g/mol. The first-order valence-corrected chi connectivity index (χ1v) is 17.4. The molecule has 0 bridgehead atoms. The smallest absolute Gasteiger partial charge is 0.128 e.